The second-order valence-electron chi connectivity index (χ2n) is 5.31. The number of ether oxygens (including phenoxy) is 3. The van der Waals surface area contributed by atoms with Gasteiger partial charge in [0.15, 0.2) is 11.5 Å². The molecule has 0 aliphatic heterocycles. The van der Waals surface area contributed by atoms with Crippen molar-refractivity contribution in [2.24, 2.45) is 0 Å². The number of carbonyl (C=O) groups is 2. The Bertz CT molecular complexity index is 721. The number of para-hydroxylation sites is 1. The van der Waals surface area contributed by atoms with Crippen molar-refractivity contribution in [1.82, 2.24) is 0 Å². The van der Waals surface area contributed by atoms with Gasteiger partial charge in [0.05, 0.1) is 12.7 Å². The average molecular weight is 328 g/mol. The van der Waals surface area contributed by atoms with Crippen molar-refractivity contribution in [2.45, 2.75) is 26.9 Å². The van der Waals surface area contributed by atoms with Crippen LogP contribution in [0.4, 0.5) is 0 Å². The van der Waals surface area contributed by atoms with Crippen molar-refractivity contribution < 1.29 is 23.8 Å². The van der Waals surface area contributed by atoms with Crippen molar-refractivity contribution in [2.75, 3.05) is 6.61 Å². The standard InChI is InChI=1S/C19H20O5/c1-4-22-18-11-14(12-20)9-10-17(18)24-19(21)15-7-5-6-8-16(15)23-13(2)3/h5-13H,4H2,1-3H3. The maximum atomic E-state index is 12.5. The predicted molar refractivity (Wildman–Crippen MR) is 90.2 cm³/mol. The van der Waals surface area contributed by atoms with Crippen LogP contribution in [0, 0.1) is 0 Å². The molecular weight excluding hydrogens is 308 g/mol. The van der Waals surface area contributed by atoms with Gasteiger partial charge < -0.3 is 14.2 Å². The van der Waals surface area contributed by atoms with Crippen molar-refractivity contribution in [3.63, 3.8) is 0 Å². The van der Waals surface area contributed by atoms with Gasteiger partial charge >= 0.3 is 5.97 Å². The molecule has 0 N–H and O–H groups in total. The maximum Gasteiger partial charge on any atom is 0.347 e. The highest BCUT2D eigenvalue weighted by Crippen LogP contribution is 2.30. The fourth-order valence-electron chi connectivity index (χ4n) is 2.10. The molecule has 0 amide bonds. The van der Waals surface area contributed by atoms with Crippen LogP contribution in [0.5, 0.6) is 17.2 Å². The monoisotopic (exact) mass is 328 g/mol. The fraction of sp³-hybridized carbons (Fsp3) is 0.263. The van der Waals surface area contributed by atoms with E-state index >= 15 is 0 Å². The summed E-state index contributed by atoms with van der Waals surface area (Å²) in [5.74, 6) is 0.510. The van der Waals surface area contributed by atoms with E-state index in [1.165, 1.54) is 6.07 Å². The zero-order valence-corrected chi connectivity index (χ0v) is 13.9. The van der Waals surface area contributed by atoms with Gasteiger partial charge in [0.2, 0.25) is 0 Å². The number of hydrogen-bond donors (Lipinski definition) is 0. The van der Waals surface area contributed by atoms with Gasteiger partial charge in [-0.3, -0.25) is 4.79 Å². The van der Waals surface area contributed by atoms with E-state index in [2.05, 4.69) is 0 Å². The molecule has 2 aromatic rings. The third-order valence-electron chi connectivity index (χ3n) is 3.08. The molecule has 0 saturated heterocycles. The minimum Gasteiger partial charge on any atom is -0.490 e. The second-order valence-corrected chi connectivity index (χ2v) is 5.31. The van der Waals surface area contributed by atoms with Crippen molar-refractivity contribution in [3.8, 4) is 17.2 Å². The van der Waals surface area contributed by atoms with Gasteiger partial charge in [-0.05, 0) is 51.1 Å². The van der Waals surface area contributed by atoms with E-state index in [1.807, 2.05) is 20.8 Å². The third kappa shape index (κ3) is 4.35. The van der Waals surface area contributed by atoms with Crippen LogP contribution >= 0.6 is 0 Å². The van der Waals surface area contributed by atoms with E-state index in [9.17, 15) is 9.59 Å². The van der Waals surface area contributed by atoms with Crippen LogP contribution in [0.3, 0.4) is 0 Å². The molecule has 0 spiro atoms. The molecule has 0 atom stereocenters. The lowest BCUT2D eigenvalue weighted by atomic mass is 10.2. The van der Waals surface area contributed by atoms with E-state index in [0.29, 0.717) is 35.5 Å². The molecule has 0 radical (unpaired) electrons. The first-order valence-electron chi connectivity index (χ1n) is 7.75. The summed E-state index contributed by atoms with van der Waals surface area (Å²) in [5.41, 5.74) is 0.773. The first kappa shape index (κ1) is 17.5. The predicted octanol–water partition coefficient (Wildman–Crippen LogP) is 3.90. The van der Waals surface area contributed by atoms with E-state index in [1.54, 1.807) is 36.4 Å². The highest BCUT2D eigenvalue weighted by Gasteiger charge is 2.17. The Morgan fingerprint density at radius 2 is 1.83 bits per heavy atom. The molecule has 5 heteroatoms. The van der Waals surface area contributed by atoms with Gasteiger partial charge in [0.25, 0.3) is 0 Å². The lowest BCUT2D eigenvalue weighted by Gasteiger charge is -2.15. The summed E-state index contributed by atoms with van der Waals surface area (Å²) >= 11 is 0. The largest absolute Gasteiger partial charge is 0.490 e. The molecule has 0 heterocycles. The van der Waals surface area contributed by atoms with Crippen LogP contribution < -0.4 is 14.2 Å². The number of aldehydes is 1. The van der Waals surface area contributed by atoms with E-state index < -0.39 is 5.97 Å². The van der Waals surface area contributed by atoms with Gasteiger partial charge in [-0.25, -0.2) is 4.79 Å². The van der Waals surface area contributed by atoms with Crippen LogP contribution in [-0.4, -0.2) is 25.0 Å². The highest BCUT2D eigenvalue weighted by molar-refractivity contribution is 5.94. The maximum absolute atomic E-state index is 12.5. The second kappa shape index (κ2) is 8.15. The number of rotatable bonds is 7. The third-order valence-corrected chi connectivity index (χ3v) is 3.08. The minimum atomic E-state index is -0.550. The van der Waals surface area contributed by atoms with Crippen LogP contribution in [-0.2, 0) is 0 Å². The number of hydrogen-bond acceptors (Lipinski definition) is 5. The van der Waals surface area contributed by atoms with Crippen LogP contribution in [0.25, 0.3) is 0 Å². The Morgan fingerprint density at radius 1 is 1.08 bits per heavy atom. The highest BCUT2D eigenvalue weighted by atomic mass is 16.6. The number of carbonyl (C=O) groups excluding carboxylic acids is 2. The van der Waals surface area contributed by atoms with Crippen molar-refractivity contribution >= 4 is 12.3 Å². The number of esters is 1. The Morgan fingerprint density at radius 3 is 2.50 bits per heavy atom. The Hall–Kier alpha value is -2.82. The molecular formula is C19H20O5. The smallest absolute Gasteiger partial charge is 0.347 e. The molecule has 5 nitrogen and oxygen atoms in total. The molecule has 0 fully saturated rings. The summed E-state index contributed by atoms with van der Waals surface area (Å²) in [6, 6.07) is 11.5. The molecule has 0 aliphatic rings. The Kier molecular flexibility index (Phi) is 5.95. The molecule has 0 bridgehead atoms. The Balaban J connectivity index is 2.28. The summed E-state index contributed by atoms with van der Waals surface area (Å²) in [7, 11) is 0. The van der Waals surface area contributed by atoms with Crippen LogP contribution in [0.1, 0.15) is 41.5 Å². The minimum absolute atomic E-state index is 0.0650. The summed E-state index contributed by atoms with van der Waals surface area (Å²) in [5, 5.41) is 0. The van der Waals surface area contributed by atoms with Gasteiger partial charge in [-0.1, -0.05) is 12.1 Å². The van der Waals surface area contributed by atoms with Crippen molar-refractivity contribution in [1.29, 1.82) is 0 Å². The average Bonchev–Trinajstić information content (AvgIpc) is 2.56. The SMILES string of the molecule is CCOc1cc(C=O)ccc1OC(=O)c1ccccc1OC(C)C. The van der Waals surface area contributed by atoms with Gasteiger partial charge in [-0.2, -0.15) is 0 Å². The van der Waals surface area contributed by atoms with Gasteiger partial charge in [0, 0.05) is 5.56 Å². The van der Waals surface area contributed by atoms with Crippen molar-refractivity contribution in [3.05, 3.63) is 53.6 Å². The quantitative estimate of drug-likeness (QED) is 0.438. The van der Waals surface area contributed by atoms with E-state index in [4.69, 9.17) is 14.2 Å². The van der Waals surface area contributed by atoms with Crippen LogP contribution in [0.2, 0.25) is 0 Å². The molecule has 2 aromatic carbocycles. The van der Waals surface area contributed by atoms with E-state index in [0.717, 1.165) is 0 Å². The zero-order chi connectivity index (χ0) is 17.5. The summed E-state index contributed by atoms with van der Waals surface area (Å²) in [6.45, 7) is 5.96. The lowest BCUT2D eigenvalue weighted by Crippen LogP contribution is -2.14. The first-order valence-corrected chi connectivity index (χ1v) is 7.75. The molecule has 0 aromatic heterocycles. The van der Waals surface area contributed by atoms with Gasteiger partial charge in [0.1, 0.15) is 17.6 Å². The molecule has 126 valence electrons. The summed E-state index contributed by atoms with van der Waals surface area (Å²) < 4.78 is 16.5. The molecule has 0 aliphatic carbocycles. The first-order chi connectivity index (χ1) is 11.5. The van der Waals surface area contributed by atoms with Crippen LogP contribution in [0.15, 0.2) is 42.5 Å². The number of benzene rings is 2. The summed E-state index contributed by atoms with van der Waals surface area (Å²) in [6.07, 6.45) is 0.643. The van der Waals surface area contributed by atoms with Gasteiger partial charge in [-0.15, -0.1) is 0 Å². The topological polar surface area (TPSA) is 61.8 Å². The molecule has 2 rings (SSSR count). The molecule has 0 unspecified atom stereocenters. The molecule has 0 saturated carbocycles. The van der Waals surface area contributed by atoms with E-state index in [-0.39, 0.29) is 11.9 Å². The normalized spacial score (nSPS) is 10.3. The Labute approximate surface area is 141 Å². The molecule has 24 heavy (non-hydrogen) atoms. The lowest BCUT2D eigenvalue weighted by molar-refractivity contribution is 0.0722. The fourth-order valence-corrected chi connectivity index (χ4v) is 2.10. The zero-order valence-electron chi connectivity index (χ0n) is 13.9. The summed E-state index contributed by atoms with van der Waals surface area (Å²) in [4.78, 5) is 23.4.